The zero-order valence-corrected chi connectivity index (χ0v) is 14.8. The van der Waals surface area contributed by atoms with E-state index >= 15 is 0 Å². The number of rotatable bonds is 3. The van der Waals surface area contributed by atoms with Gasteiger partial charge in [0.1, 0.15) is 6.26 Å². The number of likely N-dealkylation sites (tertiary alicyclic amines) is 2. The molecule has 1 spiro atoms. The quantitative estimate of drug-likeness (QED) is 0.856. The summed E-state index contributed by atoms with van der Waals surface area (Å²) in [5.74, 6) is 0.0956. The molecule has 128 valence electrons. The fourth-order valence-electron chi connectivity index (χ4n) is 4.18. The molecule has 0 radical (unpaired) electrons. The van der Waals surface area contributed by atoms with Crippen LogP contribution in [0.2, 0.25) is 0 Å². The van der Waals surface area contributed by atoms with Crippen LogP contribution in [0.25, 0.3) is 0 Å². The number of hydrogen-bond donors (Lipinski definition) is 0. The van der Waals surface area contributed by atoms with Crippen molar-refractivity contribution in [3.8, 4) is 0 Å². The summed E-state index contributed by atoms with van der Waals surface area (Å²) >= 11 is 1.73. The molecule has 0 saturated carbocycles. The minimum absolute atomic E-state index is 0.0956. The second-order valence-corrected chi connectivity index (χ2v) is 7.97. The van der Waals surface area contributed by atoms with Gasteiger partial charge < -0.3 is 9.32 Å². The van der Waals surface area contributed by atoms with Gasteiger partial charge in [-0.1, -0.05) is 0 Å². The van der Waals surface area contributed by atoms with Crippen LogP contribution < -0.4 is 0 Å². The molecule has 24 heavy (non-hydrogen) atoms. The maximum absolute atomic E-state index is 12.5. The lowest BCUT2D eigenvalue weighted by Gasteiger charge is -2.45. The van der Waals surface area contributed by atoms with Crippen LogP contribution in [0.3, 0.4) is 0 Å². The second-order valence-electron chi connectivity index (χ2n) is 6.91. The Hall–Kier alpha value is -1.66. The highest BCUT2D eigenvalue weighted by atomic mass is 32.1. The van der Waals surface area contributed by atoms with Gasteiger partial charge >= 0.3 is 0 Å². The molecular formula is C18H23N3O2S. The van der Waals surface area contributed by atoms with E-state index in [0.29, 0.717) is 5.56 Å². The smallest absolute Gasteiger partial charge is 0.257 e. The average molecular weight is 345 g/mol. The topological polar surface area (TPSA) is 49.6 Å². The standard InChI is InChI=1S/C18H23N3O2S/c1-14-19-16(13-24-14)11-21-7-2-4-18(21)5-8-20(9-6-18)17(22)15-3-10-23-12-15/h3,10,12-13H,2,4-9,11H2,1H3. The summed E-state index contributed by atoms with van der Waals surface area (Å²) in [6.07, 6.45) is 7.70. The molecule has 5 nitrogen and oxygen atoms in total. The lowest BCUT2D eigenvalue weighted by molar-refractivity contribution is 0.0379. The molecule has 0 aliphatic carbocycles. The van der Waals surface area contributed by atoms with Gasteiger partial charge in [0.15, 0.2) is 0 Å². The molecule has 0 atom stereocenters. The molecule has 6 heteroatoms. The highest BCUT2D eigenvalue weighted by Crippen LogP contribution is 2.39. The Kier molecular flexibility index (Phi) is 4.18. The van der Waals surface area contributed by atoms with E-state index in [-0.39, 0.29) is 11.4 Å². The Bertz CT molecular complexity index is 702. The second kappa shape index (κ2) is 6.33. The van der Waals surface area contributed by atoms with Gasteiger partial charge in [-0.25, -0.2) is 4.98 Å². The predicted molar refractivity (Wildman–Crippen MR) is 93.1 cm³/mol. The summed E-state index contributed by atoms with van der Waals surface area (Å²) < 4.78 is 5.04. The maximum atomic E-state index is 12.5. The Morgan fingerprint density at radius 2 is 2.17 bits per heavy atom. The molecule has 4 heterocycles. The summed E-state index contributed by atoms with van der Waals surface area (Å²) in [5, 5.41) is 3.32. The first-order valence-corrected chi connectivity index (χ1v) is 9.52. The van der Waals surface area contributed by atoms with Gasteiger partial charge in [-0.05, 0) is 45.2 Å². The number of carbonyl (C=O) groups is 1. The molecule has 2 aliphatic rings. The summed E-state index contributed by atoms with van der Waals surface area (Å²) in [5.41, 5.74) is 2.10. The van der Waals surface area contributed by atoms with E-state index in [1.807, 2.05) is 4.90 Å². The zero-order chi connectivity index (χ0) is 16.6. The summed E-state index contributed by atoms with van der Waals surface area (Å²) in [4.78, 5) is 21.7. The van der Waals surface area contributed by atoms with Crippen molar-refractivity contribution in [3.05, 3.63) is 40.2 Å². The summed E-state index contributed by atoms with van der Waals surface area (Å²) in [6.45, 7) is 5.81. The first-order valence-electron chi connectivity index (χ1n) is 8.64. The number of aryl methyl sites for hydroxylation is 1. The number of piperidine rings is 1. The number of amides is 1. The largest absolute Gasteiger partial charge is 0.472 e. The molecule has 2 aromatic heterocycles. The number of carbonyl (C=O) groups excluding carboxylic acids is 1. The third-order valence-corrected chi connectivity index (χ3v) is 6.33. The van der Waals surface area contributed by atoms with E-state index in [4.69, 9.17) is 4.42 Å². The third-order valence-electron chi connectivity index (χ3n) is 5.51. The monoisotopic (exact) mass is 345 g/mol. The van der Waals surface area contributed by atoms with Crippen molar-refractivity contribution in [2.24, 2.45) is 0 Å². The maximum Gasteiger partial charge on any atom is 0.257 e. The lowest BCUT2D eigenvalue weighted by atomic mass is 9.84. The number of aromatic nitrogens is 1. The Labute approximate surface area is 146 Å². The molecule has 0 unspecified atom stereocenters. The summed E-state index contributed by atoms with van der Waals surface area (Å²) in [6, 6.07) is 1.75. The molecule has 2 aliphatic heterocycles. The van der Waals surface area contributed by atoms with E-state index in [0.717, 1.165) is 44.0 Å². The highest BCUT2D eigenvalue weighted by Gasteiger charge is 2.43. The SMILES string of the molecule is Cc1nc(CN2CCCC23CCN(C(=O)c2ccoc2)CC3)cs1. The third kappa shape index (κ3) is 2.89. The zero-order valence-electron chi connectivity index (χ0n) is 14.0. The van der Waals surface area contributed by atoms with E-state index in [1.54, 1.807) is 29.9 Å². The van der Waals surface area contributed by atoms with Gasteiger partial charge in [0, 0.05) is 30.6 Å². The Morgan fingerprint density at radius 3 is 2.83 bits per heavy atom. The van der Waals surface area contributed by atoms with Gasteiger partial charge in [0.05, 0.1) is 22.5 Å². The van der Waals surface area contributed by atoms with Crippen molar-refractivity contribution in [2.45, 2.75) is 44.7 Å². The van der Waals surface area contributed by atoms with E-state index < -0.39 is 0 Å². The van der Waals surface area contributed by atoms with Crippen LogP contribution in [0.5, 0.6) is 0 Å². The van der Waals surface area contributed by atoms with Crippen LogP contribution in [-0.2, 0) is 6.54 Å². The minimum atomic E-state index is 0.0956. The first kappa shape index (κ1) is 15.8. The van der Waals surface area contributed by atoms with Crippen LogP contribution in [-0.4, -0.2) is 45.9 Å². The van der Waals surface area contributed by atoms with Crippen LogP contribution in [0.15, 0.2) is 28.4 Å². The van der Waals surface area contributed by atoms with Gasteiger partial charge in [-0.2, -0.15) is 0 Å². The molecule has 0 N–H and O–H groups in total. The van der Waals surface area contributed by atoms with Crippen molar-refractivity contribution in [1.29, 1.82) is 0 Å². The predicted octanol–water partition coefficient (Wildman–Crippen LogP) is 3.32. The summed E-state index contributed by atoms with van der Waals surface area (Å²) in [7, 11) is 0. The lowest BCUT2D eigenvalue weighted by Crippen LogP contribution is -2.52. The molecule has 2 saturated heterocycles. The van der Waals surface area contributed by atoms with Gasteiger partial charge in [-0.3, -0.25) is 9.69 Å². The molecule has 2 fully saturated rings. The van der Waals surface area contributed by atoms with Crippen molar-refractivity contribution >= 4 is 17.2 Å². The fraction of sp³-hybridized carbons (Fsp3) is 0.556. The van der Waals surface area contributed by atoms with Crippen molar-refractivity contribution < 1.29 is 9.21 Å². The van der Waals surface area contributed by atoms with Gasteiger partial charge in [-0.15, -0.1) is 11.3 Å². The first-order chi connectivity index (χ1) is 11.7. The molecular weight excluding hydrogens is 322 g/mol. The van der Waals surface area contributed by atoms with E-state index in [1.165, 1.54) is 18.5 Å². The van der Waals surface area contributed by atoms with Crippen LogP contribution in [0.1, 0.15) is 46.7 Å². The van der Waals surface area contributed by atoms with Crippen molar-refractivity contribution in [1.82, 2.24) is 14.8 Å². The average Bonchev–Trinajstić information content (AvgIpc) is 3.32. The number of nitrogens with zero attached hydrogens (tertiary/aromatic N) is 3. The van der Waals surface area contributed by atoms with Crippen molar-refractivity contribution in [3.63, 3.8) is 0 Å². The molecule has 2 aromatic rings. The van der Waals surface area contributed by atoms with E-state index in [9.17, 15) is 4.79 Å². The molecule has 0 bridgehead atoms. The molecule has 0 aromatic carbocycles. The number of furan rings is 1. The highest BCUT2D eigenvalue weighted by molar-refractivity contribution is 7.09. The number of thiazole rings is 1. The van der Waals surface area contributed by atoms with Crippen LogP contribution in [0.4, 0.5) is 0 Å². The van der Waals surface area contributed by atoms with Crippen molar-refractivity contribution in [2.75, 3.05) is 19.6 Å². The number of hydrogen-bond acceptors (Lipinski definition) is 5. The van der Waals surface area contributed by atoms with Crippen LogP contribution in [0, 0.1) is 6.92 Å². The van der Waals surface area contributed by atoms with Crippen LogP contribution >= 0.6 is 11.3 Å². The van der Waals surface area contributed by atoms with Gasteiger partial charge in [0.25, 0.3) is 5.91 Å². The van der Waals surface area contributed by atoms with E-state index in [2.05, 4.69) is 22.2 Å². The fourth-order valence-corrected chi connectivity index (χ4v) is 4.78. The molecule has 1 amide bonds. The van der Waals surface area contributed by atoms with Gasteiger partial charge in [0.2, 0.25) is 0 Å². The Balaban J connectivity index is 1.42. The molecule has 4 rings (SSSR count). The minimum Gasteiger partial charge on any atom is -0.472 e. The Morgan fingerprint density at radius 1 is 1.33 bits per heavy atom. The normalized spacial score (nSPS) is 20.8.